The molecule has 40 heavy (non-hydrogen) atoms. The second kappa shape index (κ2) is 15.0. The Morgan fingerprint density at radius 2 is 1.82 bits per heavy atom. The maximum Gasteiger partial charge on any atom is 0.243 e. The summed E-state index contributed by atoms with van der Waals surface area (Å²) >= 11 is 1.63. The van der Waals surface area contributed by atoms with E-state index in [1.54, 1.807) is 23.4 Å². The number of aryl methyl sites for hydroxylation is 1. The minimum Gasteiger partial charge on any atom is -0.392 e. The Hall–Kier alpha value is -3.22. The van der Waals surface area contributed by atoms with Gasteiger partial charge in [-0.2, -0.15) is 0 Å². The Kier molecular flexibility index (Phi) is 11.1. The molecule has 3 aromatic rings. The fourth-order valence-electron chi connectivity index (χ4n) is 4.47. The number of aliphatic hydroxyl groups is 1. The normalized spacial score (nSPS) is 18.8. The van der Waals surface area contributed by atoms with Crippen LogP contribution in [-0.4, -0.2) is 43.5 Å². The molecule has 2 amide bonds. The quantitative estimate of drug-likeness (QED) is 0.101. The van der Waals surface area contributed by atoms with Gasteiger partial charge in [0.1, 0.15) is 0 Å². The predicted octanol–water partition coefficient (Wildman–Crippen LogP) is 4.64. The fraction of sp³-hybridized carbons (Fsp3) is 0.414. The lowest BCUT2D eigenvalue weighted by atomic mass is 10.0. The molecular weight excluding hydrogens is 532 g/mol. The number of rotatable bonds is 13. The van der Waals surface area contributed by atoms with Crippen molar-refractivity contribution in [3.05, 3.63) is 77.6 Å². The van der Waals surface area contributed by atoms with Crippen LogP contribution in [0.25, 0.3) is 0 Å². The number of thioether (sulfide) groups is 1. The van der Waals surface area contributed by atoms with Crippen LogP contribution in [0.2, 0.25) is 0 Å². The van der Waals surface area contributed by atoms with Crippen LogP contribution in [0.5, 0.6) is 0 Å². The van der Waals surface area contributed by atoms with Gasteiger partial charge in [0.05, 0.1) is 18.8 Å². The minimum atomic E-state index is -0.627. The molecule has 0 spiro atoms. The van der Waals surface area contributed by atoms with Crippen LogP contribution in [-0.2, 0) is 32.7 Å². The summed E-state index contributed by atoms with van der Waals surface area (Å²) < 4.78 is 14.8. The van der Waals surface area contributed by atoms with Gasteiger partial charge < -0.3 is 24.5 Å². The van der Waals surface area contributed by atoms with E-state index in [1.165, 1.54) is 0 Å². The number of carbonyl (C=O) groups is 2. The van der Waals surface area contributed by atoms with Crippen molar-refractivity contribution >= 4 is 29.3 Å². The average Bonchev–Trinajstić information content (AvgIpc) is 3.40. The number of hydrogen-bond donors (Lipinski definition) is 4. The topological polar surface area (TPSA) is 135 Å². The lowest BCUT2D eigenvalue weighted by molar-refractivity contribution is -0.245. The number of nitrogens with zero attached hydrogens (tertiary/aromatic N) is 2. The average molecular weight is 569 g/mol. The van der Waals surface area contributed by atoms with Crippen molar-refractivity contribution in [2.24, 2.45) is 7.05 Å². The van der Waals surface area contributed by atoms with E-state index in [0.29, 0.717) is 43.5 Å². The molecule has 0 bridgehead atoms. The van der Waals surface area contributed by atoms with Gasteiger partial charge in [0.15, 0.2) is 11.4 Å². The van der Waals surface area contributed by atoms with Gasteiger partial charge in [0.2, 0.25) is 11.8 Å². The first-order valence-corrected chi connectivity index (χ1v) is 14.4. The number of benzene rings is 2. The van der Waals surface area contributed by atoms with Gasteiger partial charge >= 0.3 is 0 Å². The first-order valence-electron chi connectivity index (χ1n) is 13.4. The van der Waals surface area contributed by atoms with Gasteiger partial charge in [-0.15, -0.1) is 0 Å². The number of anilines is 1. The van der Waals surface area contributed by atoms with Crippen LogP contribution in [0.15, 0.2) is 66.1 Å². The highest BCUT2D eigenvalue weighted by Crippen LogP contribution is 2.39. The minimum absolute atomic E-state index is 0.0140. The summed E-state index contributed by atoms with van der Waals surface area (Å²) in [5.74, 6) is 0.169. The fourth-order valence-corrected chi connectivity index (χ4v) is 5.42. The van der Waals surface area contributed by atoms with Crippen LogP contribution in [0.4, 0.5) is 5.69 Å². The Morgan fingerprint density at radius 1 is 1.05 bits per heavy atom. The number of imidazole rings is 1. The van der Waals surface area contributed by atoms with E-state index in [4.69, 9.17) is 14.7 Å². The van der Waals surface area contributed by atoms with E-state index < -0.39 is 12.2 Å². The zero-order chi connectivity index (χ0) is 28.3. The molecule has 1 saturated heterocycles. The summed E-state index contributed by atoms with van der Waals surface area (Å²) in [6.45, 7) is -0.0140. The largest absolute Gasteiger partial charge is 0.392 e. The molecule has 0 aliphatic carbocycles. The third kappa shape index (κ3) is 8.64. The van der Waals surface area contributed by atoms with E-state index in [-0.39, 0.29) is 31.1 Å². The summed E-state index contributed by atoms with van der Waals surface area (Å²) in [5.41, 5.74) is 4.92. The van der Waals surface area contributed by atoms with Crippen molar-refractivity contribution in [3.63, 3.8) is 0 Å². The summed E-state index contributed by atoms with van der Waals surface area (Å²) in [7, 11) is 1.96. The number of aliphatic hydroxyl groups excluding tert-OH is 1. The SMILES string of the molecule is Cn1ccnc1SCC1CC(c2ccc(CO)cc2)OC(c2cccc(NC(=O)CCCCCC(=O)NO)c2)O1. The van der Waals surface area contributed by atoms with Gasteiger partial charge in [0, 0.05) is 55.7 Å². The number of aromatic nitrogens is 2. The van der Waals surface area contributed by atoms with Crippen molar-refractivity contribution in [3.8, 4) is 0 Å². The number of carbonyl (C=O) groups excluding carboxylic acids is 2. The Morgan fingerprint density at radius 3 is 2.52 bits per heavy atom. The molecule has 11 heteroatoms. The molecule has 3 atom stereocenters. The molecule has 4 N–H and O–H groups in total. The molecule has 2 aromatic carbocycles. The molecule has 4 rings (SSSR count). The second-order valence-electron chi connectivity index (χ2n) is 9.75. The Labute approximate surface area is 238 Å². The van der Waals surface area contributed by atoms with Gasteiger partial charge in [-0.25, -0.2) is 10.5 Å². The molecule has 1 fully saturated rings. The second-order valence-corrected chi connectivity index (χ2v) is 10.7. The van der Waals surface area contributed by atoms with Crippen LogP contribution in [0.3, 0.4) is 0 Å². The van der Waals surface area contributed by atoms with E-state index in [0.717, 1.165) is 21.8 Å². The molecule has 2 heterocycles. The van der Waals surface area contributed by atoms with Crippen molar-refractivity contribution in [1.29, 1.82) is 0 Å². The summed E-state index contributed by atoms with van der Waals surface area (Å²) in [5, 5.41) is 21.8. The first kappa shape index (κ1) is 29.8. The van der Waals surface area contributed by atoms with Gasteiger partial charge in [0.25, 0.3) is 0 Å². The number of hydroxylamine groups is 1. The van der Waals surface area contributed by atoms with Gasteiger partial charge in [-0.3, -0.25) is 14.8 Å². The molecule has 1 aliphatic heterocycles. The maximum absolute atomic E-state index is 12.5. The van der Waals surface area contributed by atoms with E-state index in [2.05, 4.69) is 10.3 Å². The van der Waals surface area contributed by atoms with E-state index >= 15 is 0 Å². The molecule has 0 radical (unpaired) electrons. The van der Waals surface area contributed by atoms with Gasteiger partial charge in [-0.05, 0) is 36.1 Å². The first-order chi connectivity index (χ1) is 19.4. The molecule has 1 aromatic heterocycles. The summed E-state index contributed by atoms with van der Waals surface area (Å²) in [6.07, 6.45) is 5.95. The van der Waals surface area contributed by atoms with Crippen LogP contribution in [0, 0.1) is 0 Å². The monoisotopic (exact) mass is 568 g/mol. The number of nitrogens with one attached hydrogen (secondary N) is 2. The highest BCUT2D eigenvalue weighted by Gasteiger charge is 2.32. The zero-order valence-corrected chi connectivity index (χ0v) is 23.3. The highest BCUT2D eigenvalue weighted by molar-refractivity contribution is 7.99. The smallest absolute Gasteiger partial charge is 0.243 e. The molecule has 3 unspecified atom stereocenters. The molecule has 0 saturated carbocycles. The summed E-state index contributed by atoms with van der Waals surface area (Å²) in [4.78, 5) is 28.0. The van der Waals surface area contributed by atoms with Crippen LogP contribution >= 0.6 is 11.8 Å². The third-order valence-corrected chi connectivity index (χ3v) is 7.86. The lowest BCUT2D eigenvalue weighted by Gasteiger charge is -2.36. The number of unbranched alkanes of at least 4 members (excludes halogenated alkanes) is 2. The third-order valence-electron chi connectivity index (χ3n) is 6.67. The lowest BCUT2D eigenvalue weighted by Crippen LogP contribution is -2.31. The van der Waals surface area contributed by atoms with E-state index in [9.17, 15) is 14.7 Å². The molecule has 1 aliphatic rings. The van der Waals surface area contributed by atoms with Crippen molar-refractivity contribution in [2.45, 2.75) is 68.8 Å². The number of hydrogen-bond acceptors (Lipinski definition) is 8. The maximum atomic E-state index is 12.5. The van der Waals surface area contributed by atoms with Crippen LogP contribution in [0.1, 0.15) is 67.6 Å². The highest BCUT2D eigenvalue weighted by atomic mass is 32.2. The molecular formula is C29H36N4O6S. The summed E-state index contributed by atoms with van der Waals surface area (Å²) in [6, 6.07) is 15.2. The van der Waals surface area contributed by atoms with E-state index in [1.807, 2.05) is 66.3 Å². The van der Waals surface area contributed by atoms with Gasteiger partial charge in [-0.1, -0.05) is 54.6 Å². The number of ether oxygens (including phenoxy) is 2. The Balaban J connectivity index is 1.40. The van der Waals surface area contributed by atoms with Crippen molar-refractivity contribution < 1.29 is 29.4 Å². The Bertz CT molecular complexity index is 1250. The van der Waals surface area contributed by atoms with Crippen molar-refractivity contribution in [1.82, 2.24) is 15.0 Å². The standard InChI is InChI=1S/C29H36N4O6S/c1-33-15-14-30-29(33)40-19-24-17-25(21-12-10-20(18-34)11-13-21)39-28(38-24)22-6-5-7-23(16-22)31-26(35)8-3-2-4-9-27(36)32-37/h5-7,10-16,24-25,28,34,37H,2-4,8-9,17-19H2,1H3,(H,31,35)(H,32,36). The number of amides is 2. The van der Waals surface area contributed by atoms with Crippen molar-refractivity contribution in [2.75, 3.05) is 11.1 Å². The molecule has 214 valence electrons. The predicted molar refractivity (Wildman–Crippen MR) is 150 cm³/mol. The molecule has 10 nitrogen and oxygen atoms in total. The zero-order valence-electron chi connectivity index (χ0n) is 22.5. The van der Waals surface area contributed by atoms with Crippen LogP contribution < -0.4 is 10.8 Å².